The standard InChI is InChI=1S/C22H26BrN3O6S/c1-30-18-12-15(13-19(31-2)20(18)23)14-24-25-22(27)21(32-3)16-4-6-17(7-5-16)26-8-10-33(28,29)11-9-26/h4-7,12-14,21H,8-11H2,1-3H3,(H,25,27). The number of benzene rings is 2. The maximum Gasteiger partial charge on any atom is 0.273 e. The van der Waals surface area contributed by atoms with Crippen molar-refractivity contribution in [2.75, 3.05) is 50.8 Å². The van der Waals surface area contributed by atoms with E-state index in [0.717, 1.165) is 5.69 Å². The number of hydrogen-bond acceptors (Lipinski definition) is 8. The number of sulfone groups is 1. The number of methoxy groups -OCH3 is 3. The number of hydrazone groups is 1. The summed E-state index contributed by atoms with van der Waals surface area (Å²) in [6, 6.07) is 10.8. The van der Waals surface area contributed by atoms with Gasteiger partial charge in [0.25, 0.3) is 5.91 Å². The van der Waals surface area contributed by atoms with E-state index in [-0.39, 0.29) is 11.5 Å². The lowest BCUT2D eigenvalue weighted by Gasteiger charge is -2.29. The zero-order valence-corrected chi connectivity index (χ0v) is 21.0. The molecule has 1 fully saturated rings. The normalized spacial score (nSPS) is 16.4. The van der Waals surface area contributed by atoms with Gasteiger partial charge in [0, 0.05) is 31.5 Å². The number of nitrogens with one attached hydrogen (secondary N) is 1. The lowest BCUT2D eigenvalue weighted by atomic mass is 10.1. The fourth-order valence-corrected chi connectivity index (χ4v) is 5.17. The molecule has 0 radical (unpaired) electrons. The number of carbonyl (C=O) groups is 1. The highest BCUT2D eigenvalue weighted by Crippen LogP contribution is 2.35. The molecular formula is C22H26BrN3O6S. The van der Waals surface area contributed by atoms with E-state index >= 15 is 0 Å². The molecule has 1 aliphatic heterocycles. The molecule has 0 bridgehead atoms. The van der Waals surface area contributed by atoms with Gasteiger partial charge in [-0.05, 0) is 45.8 Å². The van der Waals surface area contributed by atoms with Crippen LogP contribution in [0.3, 0.4) is 0 Å². The number of halogens is 1. The molecule has 1 N–H and O–H groups in total. The highest BCUT2D eigenvalue weighted by Gasteiger charge is 2.23. The largest absolute Gasteiger partial charge is 0.495 e. The highest BCUT2D eigenvalue weighted by molar-refractivity contribution is 9.10. The van der Waals surface area contributed by atoms with Gasteiger partial charge in [-0.3, -0.25) is 4.79 Å². The molecule has 0 aliphatic carbocycles. The number of carbonyl (C=O) groups excluding carboxylic acids is 1. The maximum absolute atomic E-state index is 12.6. The minimum atomic E-state index is -2.94. The van der Waals surface area contributed by atoms with E-state index in [4.69, 9.17) is 14.2 Å². The van der Waals surface area contributed by atoms with Crippen LogP contribution in [0.2, 0.25) is 0 Å². The summed E-state index contributed by atoms with van der Waals surface area (Å²) in [6.07, 6.45) is 0.627. The lowest BCUT2D eigenvalue weighted by Crippen LogP contribution is -2.40. The number of nitrogens with zero attached hydrogens (tertiary/aromatic N) is 2. The molecule has 33 heavy (non-hydrogen) atoms. The van der Waals surface area contributed by atoms with Crippen LogP contribution >= 0.6 is 15.9 Å². The maximum atomic E-state index is 12.6. The van der Waals surface area contributed by atoms with E-state index in [0.29, 0.717) is 40.2 Å². The van der Waals surface area contributed by atoms with Crippen molar-refractivity contribution < 1.29 is 27.4 Å². The minimum Gasteiger partial charge on any atom is -0.495 e. The summed E-state index contributed by atoms with van der Waals surface area (Å²) in [7, 11) is 1.59. The molecular weight excluding hydrogens is 514 g/mol. The molecule has 1 unspecified atom stereocenters. The monoisotopic (exact) mass is 539 g/mol. The van der Waals surface area contributed by atoms with Gasteiger partial charge in [0.1, 0.15) is 16.0 Å². The first-order valence-electron chi connectivity index (χ1n) is 10.1. The summed E-state index contributed by atoms with van der Waals surface area (Å²) in [5, 5.41) is 4.02. The van der Waals surface area contributed by atoms with Crippen molar-refractivity contribution in [3.8, 4) is 11.5 Å². The zero-order valence-electron chi connectivity index (χ0n) is 18.6. The first-order valence-corrected chi connectivity index (χ1v) is 12.7. The fraction of sp³-hybridized carbons (Fsp3) is 0.364. The van der Waals surface area contributed by atoms with E-state index in [1.54, 1.807) is 38.5 Å². The van der Waals surface area contributed by atoms with Crippen molar-refractivity contribution in [1.29, 1.82) is 0 Å². The van der Waals surface area contributed by atoms with Crippen LogP contribution in [0, 0.1) is 0 Å². The lowest BCUT2D eigenvalue weighted by molar-refractivity contribution is -0.131. The van der Waals surface area contributed by atoms with Gasteiger partial charge in [-0.15, -0.1) is 0 Å². The third-order valence-corrected chi connectivity index (χ3v) is 7.63. The second kappa shape index (κ2) is 11.0. The van der Waals surface area contributed by atoms with Gasteiger partial charge in [0.2, 0.25) is 0 Å². The van der Waals surface area contributed by atoms with Crippen molar-refractivity contribution in [2.45, 2.75) is 6.10 Å². The molecule has 1 aliphatic rings. The molecule has 11 heteroatoms. The van der Waals surface area contributed by atoms with Crippen LogP contribution in [0.15, 0.2) is 46.0 Å². The second-order valence-corrected chi connectivity index (χ2v) is 10.4. The Morgan fingerprint density at radius 2 is 1.67 bits per heavy atom. The summed E-state index contributed by atoms with van der Waals surface area (Å²) in [4.78, 5) is 14.7. The molecule has 0 saturated carbocycles. The Hall–Kier alpha value is -2.63. The van der Waals surface area contributed by atoms with Crippen LogP contribution in [0.25, 0.3) is 0 Å². The molecule has 1 heterocycles. The Balaban J connectivity index is 1.65. The van der Waals surface area contributed by atoms with Gasteiger partial charge in [0.05, 0.1) is 31.9 Å². The third-order valence-electron chi connectivity index (χ3n) is 5.24. The van der Waals surface area contributed by atoms with Gasteiger partial charge < -0.3 is 19.1 Å². The SMILES string of the molecule is COc1cc(C=NNC(=O)C(OC)c2ccc(N3CCS(=O)(=O)CC3)cc2)cc(OC)c1Br. The van der Waals surface area contributed by atoms with E-state index in [1.165, 1.54) is 13.3 Å². The Bertz CT molecular complexity index is 1080. The summed E-state index contributed by atoms with van der Waals surface area (Å²) in [5.74, 6) is 1.01. The quantitative estimate of drug-likeness (QED) is 0.405. The average Bonchev–Trinajstić information content (AvgIpc) is 2.81. The molecule has 178 valence electrons. The Kier molecular flexibility index (Phi) is 8.33. The summed E-state index contributed by atoms with van der Waals surface area (Å²) in [5.41, 5.74) is 4.73. The predicted octanol–water partition coefficient (Wildman–Crippen LogP) is 2.54. The predicted molar refractivity (Wildman–Crippen MR) is 130 cm³/mol. The Labute approximate surface area is 201 Å². The van der Waals surface area contributed by atoms with Gasteiger partial charge >= 0.3 is 0 Å². The van der Waals surface area contributed by atoms with E-state index < -0.39 is 21.8 Å². The van der Waals surface area contributed by atoms with Gasteiger partial charge in [-0.1, -0.05) is 12.1 Å². The van der Waals surface area contributed by atoms with Crippen LogP contribution in [-0.2, 0) is 19.4 Å². The second-order valence-electron chi connectivity index (χ2n) is 7.32. The summed E-state index contributed by atoms with van der Waals surface area (Å²) >= 11 is 3.41. The fourth-order valence-electron chi connectivity index (χ4n) is 3.42. The molecule has 1 amide bonds. The molecule has 0 spiro atoms. The van der Waals surface area contributed by atoms with Crippen molar-refractivity contribution in [1.82, 2.24) is 5.43 Å². The van der Waals surface area contributed by atoms with Crippen LogP contribution in [-0.4, -0.2) is 66.5 Å². The third kappa shape index (κ3) is 6.24. The van der Waals surface area contributed by atoms with E-state index in [1.807, 2.05) is 17.0 Å². The van der Waals surface area contributed by atoms with E-state index in [2.05, 4.69) is 26.5 Å². The van der Waals surface area contributed by atoms with Crippen molar-refractivity contribution in [3.05, 3.63) is 52.0 Å². The first-order chi connectivity index (χ1) is 15.8. The number of ether oxygens (including phenoxy) is 3. The molecule has 0 aromatic heterocycles. The number of amides is 1. The smallest absolute Gasteiger partial charge is 0.273 e. The van der Waals surface area contributed by atoms with Crippen molar-refractivity contribution >= 4 is 43.6 Å². The Morgan fingerprint density at radius 3 is 2.18 bits per heavy atom. The first kappa shape index (κ1) is 25.0. The summed E-state index contributed by atoms with van der Waals surface area (Å²) < 4.78 is 39.9. The average molecular weight is 540 g/mol. The molecule has 3 rings (SSSR count). The summed E-state index contributed by atoms with van der Waals surface area (Å²) in [6.45, 7) is 0.909. The molecule has 1 saturated heterocycles. The van der Waals surface area contributed by atoms with Crippen LogP contribution in [0.5, 0.6) is 11.5 Å². The highest BCUT2D eigenvalue weighted by atomic mass is 79.9. The van der Waals surface area contributed by atoms with Crippen molar-refractivity contribution in [2.24, 2.45) is 5.10 Å². The van der Waals surface area contributed by atoms with Gasteiger partial charge in [0.15, 0.2) is 15.9 Å². The van der Waals surface area contributed by atoms with Gasteiger partial charge in [-0.2, -0.15) is 5.10 Å². The van der Waals surface area contributed by atoms with Crippen molar-refractivity contribution in [3.63, 3.8) is 0 Å². The zero-order chi connectivity index (χ0) is 24.0. The molecule has 2 aromatic rings. The minimum absolute atomic E-state index is 0.145. The van der Waals surface area contributed by atoms with Crippen LogP contribution in [0.4, 0.5) is 5.69 Å². The number of hydrogen-bond donors (Lipinski definition) is 1. The number of anilines is 1. The molecule has 1 atom stereocenters. The van der Waals surface area contributed by atoms with E-state index in [9.17, 15) is 13.2 Å². The molecule has 9 nitrogen and oxygen atoms in total. The van der Waals surface area contributed by atoms with Crippen LogP contribution < -0.4 is 19.8 Å². The van der Waals surface area contributed by atoms with Crippen LogP contribution in [0.1, 0.15) is 17.2 Å². The topological polar surface area (TPSA) is 107 Å². The number of rotatable bonds is 8. The molecule has 2 aromatic carbocycles. The van der Waals surface area contributed by atoms with Gasteiger partial charge in [-0.25, -0.2) is 13.8 Å². The Morgan fingerprint density at radius 1 is 1.09 bits per heavy atom.